The standard InChI is InChI=1S/C21H26BrNO6/c1-6-27-18(24)17(19(25)28-7-2)16(23-20(26)29-21(3,4)5)13-10-14-8-11-15(22)12-9-14/h8-9,11-12,16-17H,6-7H2,1-5H3,(H,23,26). The van der Waals surface area contributed by atoms with Gasteiger partial charge in [0.15, 0.2) is 5.92 Å². The highest BCUT2D eigenvalue weighted by Crippen LogP contribution is 2.14. The summed E-state index contributed by atoms with van der Waals surface area (Å²) in [6.07, 6.45) is -0.814. The van der Waals surface area contributed by atoms with Crippen LogP contribution in [-0.2, 0) is 23.8 Å². The first-order valence-electron chi connectivity index (χ1n) is 9.17. The largest absolute Gasteiger partial charge is 0.465 e. The van der Waals surface area contributed by atoms with E-state index in [1.807, 2.05) is 0 Å². The first kappa shape index (κ1) is 24.5. The molecule has 0 fully saturated rings. The van der Waals surface area contributed by atoms with Crippen LogP contribution in [0.4, 0.5) is 4.79 Å². The number of halogens is 1. The zero-order chi connectivity index (χ0) is 22.0. The molecule has 1 aromatic carbocycles. The predicted octanol–water partition coefficient (Wildman–Crippen LogP) is 3.44. The molecule has 1 amide bonds. The number of carbonyl (C=O) groups excluding carboxylic acids is 3. The van der Waals surface area contributed by atoms with E-state index in [0.717, 1.165) is 4.47 Å². The van der Waals surface area contributed by atoms with Gasteiger partial charge in [0.1, 0.15) is 11.6 Å². The minimum Gasteiger partial charge on any atom is -0.465 e. The van der Waals surface area contributed by atoms with Gasteiger partial charge in [0.05, 0.1) is 13.2 Å². The summed E-state index contributed by atoms with van der Waals surface area (Å²) in [4.78, 5) is 37.1. The topological polar surface area (TPSA) is 90.9 Å². The van der Waals surface area contributed by atoms with E-state index in [1.54, 1.807) is 58.9 Å². The minimum atomic E-state index is -1.45. The van der Waals surface area contributed by atoms with Gasteiger partial charge in [0.2, 0.25) is 0 Å². The normalized spacial score (nSPS) is 11.7. The minimum absolute atomic E-state index is 0.0635. The first-order valence-corrected chi connectivity index (χ1v) is 9.96. The molecule has 158 valence electrons. The number of hydrogen-bond acceptors (Lipinski definition) is 6. The van der Waals surface area contributed by atoms with E-state index in [9.17, 15) is 14.4 Å². The summed E-state index contributed by atoms with van der Waals surface area (Å²) in [5, 5.41) is 2.49. The zero-order valence-electron chi connectivity index (χ0n) is 17.2. The molecule has 0 saturated carbocycles. The smallest absolute Gasteiger partial charge is 0.408 e. The van der Waals surface area contributed by atoms with Gasteiger partial charge >= 0.3 is 18.0 Å². The van der Waals surface area contributed by atoms with Gasteiger partial charge in [-0.3, -0.25) is 9.59 Å². The molecule has 29 heavy (non-hydrogen) atoms. The Morgan fingerprint density at radius 1 is 1.03 bits per heavy atom. The monoisotopic (exact) mass is 467 g/mol. The third-order valence-corrected chi connectivity index (χ3v) is 3.83. The third-order valence-electron chi connectivity index (χ3n) is 3.30. The fourth-order valence-electron chi connectivity index (χ4n) is 2.16. The first-order chi connectivity index (χ1) is 13.6. The van der Waals surface area contributed by atoms with E-state index in [-0.39, 0.29) is 13.2 Å². The van der Waals surface area contributed by atoms with Crippen LogP contribution in [0.2, 0.25) is 0 Å². The fourth-order valence-corrected chi connectivity index (χ4v) is 2.43. The van der Waals surface area contributed by atoms with Crippen LogP contribution in [0.15, 0.2) is 28.7 Å². The number of amides is 1. The van der Waals surface area contributed by atoms with Gasteiger partial charge in [0, 0.05) is 10.0 Å². The molecule has 0 spiro atoms. The second-order valence-corrected chi connectivity index (χ2v) is 7.80. The average molecular weight is 468 g/mol. The maximum Gasteiger partial charge on any atom is 0.408 e. The highest BCUT2D eigenvalue weighted by atomic mass is 79.9. The Hall–Kier alpha value is -2.53. The highest BCUT2D eigenvalue weighted by molar-refractivity contribution is 9.10. The van der Waals surface area contributed by atoms with E-state index in [2.05, 4.69) is 33.1 Å². The van der Waals surface area contributed by atoms with Crippen molar-refractivity contribution in [3.05, 3.63) is 34.3 Å². The molecule has 7 nitrogen and oxygen atoms in total. The van der Waals surface area contributed by atoms with Crippen molar-refractivity contribution in [2.45, 2.75) is 46.3 Å². The number of nitrogens with one attached hydrogen (secondary N) is 1. The molecule has 0 heterocycles. The molecule has 0 aliphatic carbocycles. The van der Waals surface area contributed by atoms with E-state index >= 15 is 0 Å². The number of alkyl carbamates (subject to hydrolysis) is 1. The Balaban J connectivity index is 3.26. The van der Waals surface area contributed by atoms with Crippen molar-refractivity contribution in [1.29, 1.82) is 0 Å². The van der Waals surface area contributed by atoms with Gasteiger partial charge in [-0.05, 0) is 58.9 Å². The molecule has 0 saturated heterocycles. The van der Waals surface area contributed by atoms with Crippen LogP contribution in [0.3, 0.4) is 0 Å². The second kappa shape index (κ2) is 11.5. The van der Waals surface area contributed by atoms with Crippen LogP contribution < -0.4 is 5.32 Å². The van der Waals surface area contributed by atoms with Gasteiger partial charge < -0.3 is 19.5 Å². The van der Waals surface area contributed by atoms with Crippen LogP contribution in [0.25, 0.3) is 0 Å². The summed E-state index contributed by atoms with van der Waals surface area (Å²) in [5.41, 5.74) is -0.132. The average Bonchev–Trinajstić information content (AvgIpc) is 2.60. The third kappa shape index (κ3) is 9.01. The summed E-state index contributed by atoms with van der Waals surface area (Å²) in [6, 6.07) is 5.91. The number of ether oxygens (including phenoxy) is 3. The van der Waals surface area contributed by atoms with Crippen LogP contribution in [0, 0.1) is 17.8 Å². The molecular formula is C21H26BrNO6. The van der Waals surface area contributed by atoms with Crippen LogP contribution in [0.1, 0.15) is 40.2 Å². The Bertz CT molecular complexity index is 755. The lowest BCUT2D eigenvalue weighted by Gasteiger charge is -2.24. The molecule has 1 unspecified atom stereocenters. The van der Waals surface area contributed by atoms with Crippen molar-refractivity contribution in [3.63, 3.8) is 0 Å². The van der Waals surface area contributed by atoms with E-state index in [4.69, 9.17) is 14.2 Å². The molecule has 1 aromatic rings. The van der Waals surface area contributed by atoms with Gasteiger partial charge in [0.25, 0.3) is 0 Å². The van der Waals surface area contributed by atoms with Crippen LogP contribution in [-0.4, -0.2) is 42.9 Å². The summed E-state index contributed by atoms with van der Waals surface area (Å²) in [7, 11) is 0. The van der Waals surface area contributed by atoms with Gasteiger partial charge in [-0.15, -0.1) is 0 Å². The highest BCUT2D eigenvalue weighted by Gasteiger charge is 2.38. The molecule has 0 radical (unpaired) electrons. The molecule has 1 atom stereocenters. The number of carbonyl (C=O) groups is 3. The lowest BCUT2D eigenvalue weighted by molar-refractivity contribution is -0.162. The summed E-state index contributed by atoms with van der Waals surface area (Å²) >= 11 is 3.34. The lowest BCUT2D eigenvalue weighted by Crippen LogP contribution is -2.48. The molecule has 0 bridgehead atoms. The maximum atomic E-state index is 12.4. The van der Waals surface area contributed by atoms with Crippen molar-refractivity contribution in [2.75, 3.05) is 13.2 Å². The van der Waals surface area contributed by atoms with Crippen LogP contribution in [0.5, 0.6) is 0 Å². The van der Waals surface area contributed by atoms with E-state index < -0.39 is 35.6 Å². The van der Waals surface area contributed by atoms with Gasteiger partial charge in [-0.2, -0.15) is 0 Å². The lowest BCUT2D eigenvalue weighted by atomic mass is 9.99. The van der Waals surface area contributed by atoms with Crippen molar-refractivity contribution >= 4 is 34.0 Å². The number of rotatable bonds is 6. The fraction of sp³-hybridized carbons (Fsp3) is 0.476. The summed E-state index contributed by atoms with van der Waals surface area (Å²) in [5.74, 6) is 2.50. The molecule has 1 rings (SSSR count). The van der Waals surface area contributed by atoms with Crippen molar-refractivity contribution in [3.8, 4) is 11.8 Å². The van der Waals surface area contributed by atoms with Crippen molar-refractivity contribution in [2.24, 2.45) is 5.92 Å². The molecule has 0 aromatic heterocycles. The van der Waals surface area contributed by atoms with Crippen LogP contribution >= 0.6 is 15.9 Å². The quantitative estimate of drug-likeness (QED) is 0.298. The SMILES string of the molecule is CCOC(=O)C(C(=O)OCC)C(C#Cc1ccc(Br)cc1)NC(=O)OC(C)(C)C. The van der Waals surface area contributed by atoms with Crippen molar-refractivity contribution < 1.29 is 28.6 Å². The summed E-state index contributed by atoms with van der Waals surface area (Å²) in [6.45, 7) is 8.45. The molecule has 8 heteroatoms. The molecule has 0 aliphatic rings. The zero-order valence-corrected chi connectivity index (χ0v) is 18.8. The Kier molecular flexibility index (Phi) is 9.69. The Morgan fingerprint density at radius 3 is 2.00 bits per heavy atom. The van der Waals surface area contributed by atoms with Crippen molar-refractivity contribution in [1.82, 2.24) is 5.32 Å². The number of benzene rings is 1. The number of hydrogen-bond donors (Lipinski definition) is 1. The van der Waals surface area contributed by atoms with E-state index in [1.165, 1.54) is 0 Å². The molecule has 1 N–H and O–H groups in total. The predicted molar refractivity (Wildman–Crippen MR) is 111 cm³/mol. The number of esters is 2. The van der Waals surface area contributed by atoms with E-state index in [0.29, 0.717) is 5.56 Å². The Morgan fingerprint density at radius 2 is 1.55 bits per heavy atom. The maximum absolute atomic E-state index is 12.4. The molecular weight excluding hydrogens is 442 g/mol. The van der Waals surface area contributed by atoms with Gasteiger partial charge in [-0.25, -0.2) is 4.79 Å². The summed E-state index contributed by atoms with van der Waals surface area (Å²) < 4.78 is 16.1. The second-order valence-electron chi connectivity index (χ2n) is 6.88. The molecule has 0 aliphatic heterocycles. The van der Waals surface area contributed by atoms with Gasteiger partial charge in [-0.1, -0.05) is 27.8 Å². The Labute approximate surface area is 179 Å².